The fourth-order valence-corrected chi connectivity index (χ4v) is 13.8. The second kappa shape index (κ2) is 38.2. The highest BCUT2D eigenvalue weighted by Gasteiger charge is 2.52. The maximum Gasteiger partial charge on any atom is 0.419 e. The Morgan fingerprint density at radius 2 is 1.16 bits per heavy atom. The largest absolute Gasteiger partial charge is 0.444 e. The molecule has 25 heteroatoms. The van der Waals surface area contributed by atoms with Crippen molar-refractivity contribution >= 4 is 69.5 Å². The number of hydroxylamine groups is 2. The first-order chi connectivity index (χ1) is 48.6. The lowest BCUT2D eigenvalue weighted by molar-refractivity contribution is -0.186. The molecule has 1 fully saturated rings. The summed E-state index contributed by atoms with van der Waals surface area (Å²) in [6.45, 7) is 11.1. The van der Waals surface area contributed by atoms with Crippen LogP contribution in [0.15, 0.2) is 91.9 Å². The Bertz CT molecular complexity index is 3780. The smallest absolute Gasteiger partial charge is 0.419 e. The number of azide groups is 1. The predicted molar refractivity (Wildman–Crippen MR) is 387 cm³/mol. The summed E-state index contributed by atoms with van der Waals surface area (Å²) >= 11 is 0. The molecule has 101 heavy (non-hydrogen) atoms. The molecular formula is C76H103N11O14. The van der Waals surface area contributed by atoms with Gasteiger partial charge in [-0.3, -0.25) is 38.6 Å². The standard InChI is InChI=1S/C76H103N11O14/c1-8-10-12-14-17-21-25-65(88)79-52-29-33-56-60(46-52)76(37-36-68(91)85(6)39-40-97-41-42-98-43-44-99-86(7)71(93)64-49-55(83-84-77)50-87(64)70(92)51-28-32-59-63(45-51)82-74(96)100-72(59)94)61-47-53(80-66(89)26-22-18-15-13-11-9-2)30-34-57(61)69(56)58-35-31-54(48-62(58)76)81-67(90)27-23-19-16-20-24-38-78-73(95)101-75(3,4)5/h28-35,45-48,55,64,69H,8-27,36-44,49-50H2,1-7H3,(H,78,95)(H,79,88)(H,80,89)(H,81,90)(H,82,96)/t55-,64?,69?,76?/m0/s1. The Labute approximate surface area is 591 Å². The normalized spacial score (nSPS) is 16.3. The van der Waals surface area contributed by atoms with Crippen molar-refractivity contribution in [2.75, 3.05) is 82.7 Å². The highest BCUT2D eigenvalue weighted by atomic mass is 16.7. The molecule has 4 aliphatic rings. The number of hydrogen-bond acceptors (Lipinski definition) is 15. The summed E-state index contributed by atoms with van der Waals surface area (Å²) in [6, 6.07) is 20.6. The van der Waals surface area contributed by atoms with Gasteiger partial charge in [0, 0.05) is 98.3 Å². The Kier molecular flexibility index (Phi) is 29.5. The summed E-state index contributed by atoms with van der Waals surface area (Å²) in [4.78, 5) is 133. The van der Waals surface area contributed by atoms with Crippen LogP contribution in [0.4, 0.5) is 21.9 Å². The van der Waals surface area contributed by atoms with E-state index in [2.05, 4.69) is 90.9 Å². The molecule has 4 aromatic carbocycles. The van der Waals surface area contributed by atoms with Crippen LogP contribution in [0.3, 0.4) is 0 Å². The van der Waals surface area contributed by atoms with Crippen LogP contribution in [0.5, 0.6) is 0 Å². The summed E-state index contributed by atoms with van der Waals surface area (Å²) < 4.78 is 21.6. The van der Waals surface area contributed by atoms with Gasteiger partial charge in [-0.05, 0) is 153 Å². The number of aromatic nitrogens is 1. The van der Waals surface area contributed by atoms with Gasteiger partial charge in [0.15, 0.2) is 0 Å². The van der Waals surface area contributed by atoms with E-state index in [1.165, 1.54) is 43.0 Å². The number of H-pyrrole nitrogens is 1. The zero-order valence-electron chi connectivity index (χ0n) is 60.0. The molecule has 0 radical (unpaired) electrons. The maximum absolute atomic E-state index is 14.7. The molecule has 2 atom stereocenters. The van der Waals surface area contributed by atoms with Crippen LogP contribution in [0.25, 0.3) is 21.3 Å². The fourth-order valence-electron chi connectivity index (χ4n) is 13.8. The van der Waals surface area contributed by atoms with Crippen molar-refractivity contribution in [3.63, 3.8) is 0 Å². The molecule has 2 bridgehead atoms. The summed E-state index contributed by atoms with van der Waals surface area (Å²) in [5.41, 5.74) is 14.8. The second-order valence-corrected chi connectivity index (χ2v) is 27.7. The van der Waals surface area contributed by atoms with Crippen molar-refractivity contribution in [1.29, 1.82) is 0 Å². The van der Waals surface area contributed by atoms with Crippen LogP contribution in [0, 0.1) is 0 Å². The van der Waals surface area contributed by atoms with Crippen molar-refractivity contribution in [3.8, 4) is 0 Å². The molecule has 1 aliphatic heterocycles. The van der Waals surface area contributed by atoms with Gasteiger partial charge in [0.25, 0.3) is 11.8 Å². The molecule has 1 aromatic heterocycles. The summed E-state index contributed by atoms with van der Waals surface area (Å²) in [5, 5.41) is 17.3. The molecule has 5 N–H and O–H groups in total. The first kappa shape index (κ1) is 77.8. The van der Waals surface area contributed by atoms with Crippen LogP contribution in [0.1, 0.15) is 232 Å². The van der Waals surface area contributed by atoms with Gasteiger partial charge in [-0.25, -0.2) is 19.4 Å². The van der Waals surface area contributed by atoms with Crippen molar-refractivity contribution in [2.45, 2.75) is 211 Å². The SMILES string of the molecule is CCCCCCCCC(=O)Nc1ccc2c(c1)C1(CCC(=O)N(C)CCOCCOCCON(C)C(=O)C3C[C@H](N=[N+]=[N-])CN3C(=O)c3ccc4c(=O)oc(=O)[nH]c4c3)c3cc(NC(=O)CCCCCCCC)ccc3C2c2ccc(NC(=O)CCCCCCCNC(=O)OC(C)(C)C)cc21. The van der Waals surface area contributed by atoms with Gasteiger partial charge in [-0.2, -0.15) is 0 Å². The van der Waals surface area contributed by atoms with Gasteiger partial charge in [0.2, 0.25) is 23.6 Å². The van der Waals surface area contributed by atoms with Gasteiger partial charge >= 0.3 is 17.5 Å². The molecule has 2 heterocycles. The molecular weight excluding hydrogens is 1290 g/mol. The number of likely N-dealkylation sites (N-methyl/N-ethyl adjacent to an activating group) is 2. The molecule has 5 aromatic rings. The number of carbonyl (C=O) groups is 7. The van der Waals surface area contributed by atoms with E-state index >= 15 is 0 Å². The number of fused-ring (bicyclic) bond motifs is 1. The topological polar surface area (TPSA) is 326 Å². The van der Waals surface area contributed by atoms with E-state index in [1.807, 2.05) is 39.0 Å². The zero-order valence-corrected chi connectivity index (χ0v) is 60.0. The van der Waals surface area contributed by atoms with Crippen molar-refractivity contribution in [3.05, 3.63) is 143 Å². The van der Waals surface area contributed by atoms with Gasteiger partial charge < -0.3 is 49.7 Å². The molecule has 3 aliphatic carbocycles. The number of hydrogen-bond donors (Lipinski definition) is 5. The second-order valence-electron chi connectivity index (χ2n) is 27.7. The van der Waals surface area contributed by atoms with Crippen LogP contribution in [-0.2, 0) is 48.4 Å². The van der Waals surface area contributed by atoms with Gasteiger partial charge in [0.05, 0.1) is 50.0 Å². The minimum absolute atomic E-state index is 0.0295. The number of benzene rings is 4. The molecule has 0 spiro atoms. The number of likely N-dealkylation sites (tertiary alicyclic amines) is 1. The Hall–Kier alpha value is -8.90. The lowest BCUT2D eigenvalue weighted by atomic mass is 9.51. The number of ether oxygens (including phenoxy) is 3. The third-order valence-electron chi connectivity index (χ3n) is 18.9. The van der Waals surface area contributed by atoms with E-state index in [-0.39, 0.29) is 105 Å². The van der Waals surface area contributed by atoms with E-state index in [9.17, 15) is 48.7 Å². The monoisotopic (exact) mass is 1390 g/mol. The third kappa shape index (κ3) is 21.8. The van der Waals surface area contributed by atoms with Crippen LogP contribution in [-0.4, -0.2) is 146 Å². The van der Waals surface area contributed by atoms with Crippen molar-refractivity contribution < 1.29 is 57.0 Å². The Morgan fingerprint density at radius 3 is 1.68 bits per heavy atom. The number of alkyl carbamates (subject to hydrolysis) is 1. The number of anilines is 3. The lowest BCUT2D eigenvalue weighted by Gasteiger charge is -2.51. The van der Waals surface area contributed by atoms with Gasteiger partial charge in [0.1, 0.15) is 11.6 Å². The molecule has 25 nitrogen and oxygen atoms in total. The number of rotatable bonds is 41. The summed E-state index contributed by atoms with van der Waals surface area (Å²) in [5.74, 6) is -2.80. The highest BCUT2D eigenvalue weighted by molar-refractivity contribution is 6.00. The van der Waals surface area contributed by atoms with Crippen LogP contribution >= 0.6 is 0 Å². The van der Waals surface area contributed by atoms with E-state index in [4.69, 9.17) is 19.0 Å². The van der Waals surface area contributed by atoms with E-state index in [0.29, 0.717) is 55.7 Å². The van der Waals surface area contributed by atoms with E-state index in [1.54, 1.807) is 11.9 Å². The van der Waals surface area contributed by atoms with Crippen molar-refractivity contribution in [2.24, 2.45) is 5.11 Å². The lowest BCUT2D eigenvalue weighted by Crippen LogP contribution is -2.46. The zero-order chi connectivity index (χ0) is 72.5. The third-order valence-corrected chi connectivity index (χ3v) is 18.9. The minimum Gasteiger partial charge on any atom is -0.444 e. The summed E-state index contributed by atoms with van der Waals surface area (Å²) in [6.07, 6.45) is 17.8. The van der Waals surface area contributed by atoms with Crippen molar-refractivity contribution in [1.82, 2.24) is 25.2 Å². The number of nitrogens with one attached hydrogen (secondary N) is 5. The highest BCUT2D eigenvalue weighted by Crippen LogP contribution is 2.62. The van der Waals surface area contributed by atoms with E-state index < -0.39 is 52.4 Å². The molecule has 9 rings (SSSR count). The number of nitrogens with zero attached hydrogens (tertiary/aromatic N) is 6. The predicted octanol–water partition coefficient (Wildman–Crippen LogP) is 13.1. The van der Waals surface area contributed by atoms with Crippen LogP contribution < -0.4 is 32.6 Å². The first-order valence-corrected chi connectivity index (χ1v) is 36.3. The average molecular weight is 1390 g/mol. The molecule has 1 saturated heterocycles. The van der Waals surface area contributed by atoms with Gasteiger partial charge in [-0.1, -0.05) is 121 Å². The quantitative estimate of drug-likeness (QED) is 0.00799. The number of unbranched alkanes of at least 4 members (excludes halogenated alkanes) is 14. The minimum atomic E-state index is -1.06. The van der Waals surface area contributed by atoms with E-state index in [0.717, 1.165) is 128 Å². The fraction of sp³-hybridized carbons (Fsp3) is 0.566. The average Bonchev–Trinajstić information content (AvgIpc) is 0.893. The summed E-state index contributed by atoms with van der Waals surface area (Å²) in [7, 11) is 3.14. The molecule has 0 saturated carbocycles. The maximum atomic E-state index is 14.7. The number of carbonyl (C=O) groups excluding carboxylic acids is 7. The number of amides is 7. The Balaban J connectivity index is 0.921. The number of aromatic amines is 1. The Morgan fingerprint density at radius 1 is 0.653 bits per heavy atom. The molecule has 7 amide bonds. The molecule has 546 valence electrons. The van der Waals surface area contributed by atoms with Crippen LogP contribution in [0.2, 0.25) is 0 Å². The molecule has 1 unspecified atom stereocenters. The van der Waals surface area contributed by atoms with Gasteiger partial charge in [-0.15, -0.1) is 0 Å². The first-order valence-electron chi connectivity index (χ1n) is 36.3.